The zero-order chi connectivity index (χ0) is 33.1. The van der Waals surface area contributed by atoms with Gasteiger partial charge in [0.25, 0.3) is 15.9 Å². The summed E-state index contributed by atoms with van der Waals surface area (Å²) in [5.41, 5.74) is 4.99. The van der Waals surface area contributed by atoms with Crippen molar-refractivity contribution in [3.05, 3.63) is 144 Å². The lowest BCUT2D eigenvalue weighted by Gasteiger charge is -2.46. The SMILES string of the molecule is COc1ccc(NS(=O)(=O)c2ccc3c(c2)C(=O)N(c2ccc(C)cc2)[C@H](c2ccc(OC(C)C)cc2)N3Cc2ccccc2)cc1. The van der Waals surface area contributed by atoms with Crippen LogP contribution in [0.1, 0.15) is 47.1 Å². The number of carbonyl (C=O) groups excluding carboxylic acids is 1. The Bertz CT molecular complexity index is 1960. The fraction of sp³-hybridized carbons (Fsp3) is 0.184. The van der Waals surface area contributed by atoms with E-state index in [1.165, 1.54) is 6.07 Å². The molecule has 47 heavy (non-hydrogen) atoms. The minimum absolute atomic E-state index is 0.0161. The summed E-state index contributed by atoms with van der Waals surface area (Å²) in [5, 5.41) is 0. The molecule has 1 heterocycles. The molecule has 0 unspecified atom stereocenters. The average Bonchev–Trinajstić information content (AvgIpc) is 3.07. The third-order valence-corrected chi connectivity index (χ3v) is 9.36. The summed E-state index contributed by atoms with van der Waals surface area (Å²) >= 11 is 0. The molecule has 5 aromatic carbocycles. The Morgan fingerprint density at radius 1 is 0.809 bits per heavy atom. The Morgan fingerprint density at radius 2 is 1.47 bits per heavy atom. The van der Waals surface area contributed by atoms with Gasteiger partial charge in [-0.1, -0.05) is 60.2 Å². The van der Waals surface area contributed by atoms with E-state index in [-0.39, 0.29) is 22.5 Å². The van der Waals surface area contributed by atoms with Gasteiger partial charge in [-0.25, -0.2) is 8.42 Å². The Morgan fingerprint density at radius 3 is 2.11 bits per heavy atom. The molecule has 6 rings (SSSR count). The van der Waals surface area contributed by atoms with Crippen LogP contribution < -0.4 is 24.0 Å². The number of hydrogen-bond donors (Lipinski definition) is 1. The third-order valence-electron chi connectivity index (χ3n) is 7.98. The van der Waals surface area contributed by atoms with Crippen molar-refractivity contribution in [2.75, 3.05) is 21.6 Å². The zero-order valence-electron chi connectivity index (χ0n) is 26.8. The standard InChI is InChI=1S/C38H37N3O5S/c1-26(2)46-33-18-12-29(13-19-33)37-40(25-28-8-6-5-7-9-28)36-23-22-34(47(43,44)39-30-14-20-32(45-4)21-15-30)24-35(36)38(42)41(37)31-16-10-27(3)11-17-31/h5-24,26,37,39H,25H2,1-4H3/t37-/m1/s1. The number of aryl methyl sites for hydroxylation is 1. The topological polar surface area (TPSA) is 88.2 Å². The molecule has 0 spiro atoms. The average molecular weight is 648 g/mol. The molecular formula is C38H37N3O5S. The van der Waals surface area contributed by atoms with Crippen LogP contribution in [0.4, 0.5) is 17.1 Å². The number of benzene rings is 5. The van der Waals surface area contributed by atoms with Gasteiger partial charge in [0.2, 0.25) is 0 Å². The molecule has 0 saturated carbocycles. The van der Waals surface area contributed by atoms with E-state index in [0.29, 0.717) is 29.4 Å². The lowest BCUT2D eigenvalue weighted by molar-refractivity contribution is 0.0968. The molecule has 0 fully saturated rings. The second kappa shape index (κ2) is 13.2. The number of carbonyl (C=O) groups is 1. The molecule has 0 saturated heterocycles. The van der Waals surface area contributed by atoms with E-state index in [2.05, 4.69) is 9.62 Å². The molecule has 9 heteroatoms. The van der Waals surface area contributed by atoms with Gasteiger partial charge < -0.3 is 14.4 Å². The van der Waals surface area contributed by atoms with Gasteiger partial charge in [0.15, 0.2) is 0 Å². The molecule has 1 amide bonds. The van der Waals surface area contributed by atoms with Gasteiger partial charge in [0.05, 0.1) is 29.4 Å². The van der Waals surface area contributed by atoms with Crippen LogP contribution in [0.25, 0.3) is 0 Å². The van der Waals surface area contributed by atoms with E-state index in [9.17, 15) is 13.2 Å². The summed E-state index contributed by atoms with van der Waals surface area (Å²) < 4.78 is 41.0. The van der Waals surface area contributed by atoms with Gasteiger partial charge in [-0.15, -0.1) is 0 Å². The minimum Gasteiger partial charge on any atom is -0.497 e. The number of sulfonamides is 1. The maximum Gasteiger partial charge on any atom is 0.262 e. The van der Waals surface area contributed by atoms with Crippen molar-refractivity contribution in [3.8, 4) is 11.5 Å². The smallest absolute Gasteiger partial charge is 0.262 e. The van der Waals surface area contributed by atoms with Crippen LogP contribution in [0.3, 0.4) is 0 Å². The molecule has 1 aliphatic rings. The highest BCUT2D eigenvalue weighted by atomic mass is 32.2. The number of rotatable bonds is 10. The van der Waals surface area contributed by atoms with E-state index in [4.69, 9.17) is 9.47 Å². The Balaban J connectivity index is 1.49. The predicted molar refractivity (Wildman–Crippen MR) is 186 cm³/mol. The first kappa shape index (κ1) is 31.7. The molecule has 1 atom stereocenters. The number of anilines is 3. The first-order valence-corrected chi connectivity index (χ1v) is 16.9. The van der Waals surface area contributed by atoms with Crippen LogP contribution in [-0.2, 0) is 16.6 Å². The van der Waals surface area contributed by atoms with Gasteiger partial charge in [-0.05, 0) is 98.6 Å². The number of hydrogen-bond acceptors (Lipinski definition) is 6. The van der Waals surface area contributed by atoms with Gasteiger partial charge >= 0.3 is 0 Å². The number of amides is 1. The summed E-state index contributed by atoms with van der Waals surface area (Å²) in [6.07, 6.45) is -0.516. The number of fused-ring (bicyclic) bond motifs is 1. The van der Waals surface area contributed by atoms with Gasteiger partial charge in [-0.2, -0.15) is 0 Å². The number of ether oxygens (including phenoxy) is 2. The maximum absolute atomic E-state index is 14.6. The molecule has 240 valence electrons. The monoisotopic (exact) mass is 647 g/mol. The Labute approximate surface area is 276 Å². The number of nitrogens with one attached hydrogen (secondary N) is 1. The van der Waals surface area contributed by atoms with E-state index in [0.717, 1.165) is 22.4 Å². The number of methoxy groups -OCH3 is 1. The van der Waals surface area contributed by atoms with Crippen molar-refractivity contribution in [3.63, 3.8) is 0 Å². The largest absolute Gasteiger partial charge is 0.497 e. The predicted octanol–water partition coefficient (Wildman–Crippen LogP) is 7.96. The quantitative estimate of drug-likeness (QED) is 0.166. The van der Waals surface area contributed by atoms with Crippen molar-refractivity contribution in [2.24, 2.45) is 0 Å². The summed E-state index contributed by atoms with van der Waals surface area (Å²) in [4.78, 5) is 18.5. The number of nitrogens with zero attached hydrogens (tertiary/aromatic N) is 2. The van der Waals surface area contributed by atoms with Crippen LogP contribution in [0.2, 0.25) is 0 Å². The Kier molecular flexibility index (Phi) is 8.91. The van der Waals surface area contributed by atoms with Crippen molar-refractivity contribution in [2.45, 2.75) is 44.5 Å². The van der Waals surface area contributed by atoms with Crippen LogP contribution in [0.5, 0.6) is 11.5 Å². The van der Waals surface area contributed by atoms with Gasteiger partial charge in [0, 0.05) is 17.9 Å². The van der Waals surface area contributed by atoms with E-state index < -0.39 is 16.2 Å². The minimum atomic E-state index is -4.03. The summed E-state index contributed by atoms with van der Waals surface area (Å²) in [6.45, 7) is 6.42. The molecule has 0 bridgehead atoms. The fourth-order valence-corrected chi connectivity index (χ4v) is 6.81. The van der Waals surface area contributed by atoms with Crippen LogP contribution in [0.15, 0.2) is 126 Å². The molecule has 1 N–H and O–H groups in total. The van der Waals surface area contributed by atoms with Crippen molar-refractivity contribution >= 4 is 33.0 Å². The third kappa shape index (κ3) is 6.80. The lowest BCUT2D eigenvalue weighted by Crippen LogP contribution is -2.49. The molecule has 0 aliphatic carbocycles. The van der Waals surface area contributed by atoms with Crippen molar-refractivity contribution in [1.82, 2.24) is 0 Å². The summed E-state index contributed by atoms with van der Waals surface area (Å²) in [5.74, 6) is 1.04. The lowest BCUT2D eigenvalue weighted by atomic mass is 9.98. The van der Waals surface area contributed by atoms with Crippen molar-refractivity contribution < 1.29 is 22.7 Å². The molecular weight excluding hydrogens is 611 g/mol. The Hall–Kier alpha value is -5.28. The molecule has 1 aliphatic heterocycles. The van der Waals surface area contributed by atoms with E-state index in [1.807, 2.05) is 99.6 Å². The highest BCUT2D eigenvalue weighted by Gasteiger charge is 2.40. The maximum atomic E-state index is 14.6. The molecule has 0 radical (unpaired) electrons. The van der Waals surface area contributed by atoms with Crippen LogP contribution in [-0.4, -0.2) is 27.5 Å². The normalized spacial score (nSPS) is 14.6. The second-order valence-corrected chi connectivity index (χ2v) is 13.4. The van der Waals surface area contributed by atoms with Crippen LogP contribution >= 0.6 is 0 Å². The van der Waals surface area contributed by atoms with E-state index in [1.54, 1.807) is 48.4 Å². The van der Waals surface area contributed by atoms with Crippen LogP contribution in [0, 0.1) is 6.92 Å². The van der Waals surface area contributed by atoms with Gasteiger partial charge in [0.1, 0.15) is 17.7 Å². The summed E-state index contributed by atoms with van der Waals surface area (Å²) in [6, 6.07) is 37.0. The molecule has 0 aromatic heterocycles. The first-order chi connectivity index (χ1) is 22.6. The first-order valence-electron chi connectivity index (χ1n) is 15.4. The highest BCUT2D eigenvalue weighted by molar-refractivity contribution is 7.92. The zero-order valence-corrected chi connectivity index (χ0v) is 27.6. The van der Waals surface area contributed by atoms with E-state index >= 15 is 0 Å². The highest BCUT2D eigenvalue weighted by Crippen LogP contribution is 2.43. The van der Waals surface area contributed by atoms with Crippen molar-refractivity contribution in [1.29, 1.82) is 0 Å². The summed E-state index contributed by atoms with van der Waals surface area (Å²) in [7, 11) is -2.48. The second-order valence-electron chi connectivity index (χ2n) is 11.7. The molecule has 8 nitrogen and oxygen atoms in total. The fourth-order valence-electron chi connectivity index (χ4n) is 5.72. The van der Waals surface area contributed by atoms with Gasteiger partial charge in [-0.3, -0.25) is 14.4 Å². The molecule has 5 aromatic rings.